The van der Waals surface area contributed by atoms with E-state index in [0.717, 1.165) is 6.42 Å². The highest BCUT2D eigenvalue weighted by Gasteiger charge is 2.11. The maximum atomic E-state index is 12.1. The molecule has 0 spiro atoms. The Hall–Kier alpha value is -2.17. The number of nitrogens with zero attached hydrogens (tertiary/aromatic N) is 3. The molecule has 7 heteroatoms. The zero-order chi connectivity index (χ0) is 14.9. The molecule has 110 valence electrons. The smallest absolute Gasteiger partial charge is 0.262 e. The number of amides is 1. The van der Waals surface area contributed by atoms with Gasteiger partial charge in [-0.3, -0.25) is 9.48 Å². The molecule has 0 fully saturated rings. The minimum absolute atomic E-state index is 0.0287. The topological polar surface area (TPSA) is 80.0 Å². The molecule has 0 radical (unpaired) electrons. The molecule has 2 aromatic rings. The number of rotatable bonds is 6. The summed E-state index contributed by atoms with van der Waals surface area (Å²) in [7, 11) is 0. The minimum Gasteiger partial charge on any atom is -0.395 e. The van der Waals surface area contributed by atoms with Gasteiger partial charge in [0.1, 0.15) is 4.88 Å². The van der Waals surface area contributed by atoms with Crippen molar-refractivity contribution in [2.24, 2.45) is 0 Å². The molecule has 21 heavy (non-hydrogen) atoms. The zero-order valence-corrected chi connectivity index (χ0v) is 12.3. The fourth-order valence-corrected chi connectivity index (χ4v) is 2.44. The number of aliphatic hydroxyl groups excluding tert-OH is 1. The number of hydrogen-bond acceptors (Lipinski definition) is 5. The van der Waals surface area contributed by atoms with Crippen LogP contribution in [0.5, 0.6) is 0 Å². The highest BCUT2D eigenvalue weighted by molar-refractivity contribution is 7.12. The van der Waals surface area contributed by atoms with E-state index in [0.29, 0.717) is 30.0 Å². The molecule has 0 saturated heterocycles. The van der Waals surface area contributed by atoms with Crippen molar-refractivity contribution in [1.29, 1.82) is 0 Å². The van der Waals surface area contributed by atoms with Crippen molar-refractivity contribution in [2.45, 2.75) is 19.4 Å². The van der Waals surface area contributed by atoms with Gasteiger partial charge in [0.15, 0.2) is 0 Å². The van der Waals surface area contributed by atoms with Gasteiger partial charge in [0.2, 0.25) is 0 Å². The van der Waals surface area contributed by atoms with Gasteiger partial charge in [0, 0.05) is 31.3 Å². The van der Waals surface area contributed by atoms with Crippen LogP contribution in [-0.2, 0) is 6.54 Å². The summed E-state index contributed by atoms with van der Waals surface area (Å²) in [5.74, 6) is 5.62. The lowest BCUT2D eigenvalue weighted by atomic mass is 10.2. The third-order valence-corrected chi connectivity index (χ3v) is 3.57. The molecule has 0 atom stereocenters. The maximum Gasteiger partial charge on any atom is 0.262 e. The first kappa shape index (κ1) is 15.2. The molecule has 2 heterocycles. The average molecular weight is 304 g/mol. The number of aliphatic hydroxyl groups is 1. The molecule has 1 amide bonds. The van der Waals surface area contributed by atoms with Gasteiger partial charge in [-0.25, -0.2) is 0 Å². The Balaban J connectivity index is 1.81. The molecule has 0 aliphatic rings. The van der Waals surface area contributed by atoms with E-state index in [2.05, 4.69) is 27.5 Å². The zero-order valence-electron chi connectivity index (χ0n) is 11.5. The van der Waals surface area contributed by atoms with E-state index in [9.17, 15) is 4.79 Å². The lowest BCUT2D eigenvalue weighted by Crippen LogP contribution is -2.25. The number of nitrogens with one attached hydrogen (secondary N) is 1. The molecule has 0 aliphatic carbocycles. The van der Waals surface area contributed by atoms with Crippen LogP contribution in [0.4, 0.5) is 0 Å². The highest BCUT2D eigenvalue weighted by Crippen LogP contribution is 2.15. The molecule has 2 aromatic heterocycles. The van der Waals surface area contributed by atoms with Crippen LogP contribution in [0.25, 0.3) is 0 Å². The Morgan fingerprint density at radius 3 is 3.19 bits per heavy atom. The summed E-state index contributed by atoms with van der Waals surface area (Å²) in [6, 6.07) is 1.82. The van der Waals surface area contributed by atoms with Crippen molar-refractivity contribution in [3.05, 3.63) is 34.3 Å². The van der Waals surface area contributed by atoms with Gasteiger partial charge in [-0.05, 0) is 17.9 Å². The first-order valence-electron chi connectivity index (χ1n) is 6.61. The van der Waals surface area contributed by atoms with Crippen LogP contribution in [0.15, 0.2) is 23.8 Å². The van der Waals surface area contributed by atoms with Gasteiger partial charge in [-0.2, -0.15) is 0 Å². The van der Waals surface area contributed by atoms with E-state index in [-0.39, 0.29) is 12.5 Å². The number of thiophene rings is 1. The van der Waals surface area contributed by atoms with E-state index in [1.54, 1.807) is 17.1 Å². The molecule has 2 N–H and O–H groups in total. The maximum absolute atomic E-state index is 12.1. The average Bonchev–Trinajstić information content (AvgIpc) is 3.15. The molecule has 0 aliphatic heterocycles. The Morgan fingerprint density at radius 2 is 2.43 bits per heavy atom. The van der Waals surface area contributed by atoms with Crippen LogP contribution in [0, 0.1) is 11.8 Å². The first-order valence-corrected chi connectivity index (χ1v) is 7.48. The normalized spacial score (nSPS) is 9.95. The summed E-state index contributed by atoms with van der Waals surface area (Å²) in [6.45, 7) is 1.31. The molecule has 0 unspecified atom stereocenters. The third kappa shape index (κ3) is 4.70. The fourth-order valence-electron chi connectivity index (χ4n) is 1.67. The summed E-state index contributed by atoms with van der Waals surface area (Å²) < 4.78 is 1.73. The Morgan fingerprint density at radius 1 is 1.52 bits per heavy atom. The van der Waals surface area contributed by atoms with Crippen molar-refractivity contribution in [2.75, 3.05) is 13.2 Å². The quantitative estimate of drug-likeness (QED) is 0.613. The molecule has 2 rings (SSSR count). The van der Waals surface area contributed by atoms with Crippen molar-refractivity contribution >= 4 is 17.2 Å². The highest BCUT2D eigenvalue weighted by atomic mass is 32.1. The van der Waals surface area contributed by atoms with E-state index in [4.69, 9.17) is 5.11 Å². The minimum atomic E-state index is -0.114. The molecule has 0 aromatic carbocycles. The molecule has 0 bridgehead atoms. The number of aryl methyl sites for hydroxylation is 1. The summed E-state index contributed by atoms with van der Waals surface area (Å²) in [5, 5.41) is 21.0. The Bertz CT molecular complexity index is 625. The van der Waals surface area contributed by atoms with Crippen LogP contribution >= 0.6 is 11.3 Å². The number of hydrogen-bond donors (Lipinski definition) is 2. The second kappa shape index (κ2) is 8.19. The number of carbonyl (C=O) groups is 1. The van der Waals surface area contributed by atoms with Crippen molar-refractivity contribution in [1.82, 2.24) is 20.3 Å². The number of aromatic nitrogens is 3. The van der Waals surface area contributed by atoms with Gasteiger partial charge >= 0.3 is 0 Å². The fraction of sp³-hybridized carbons (Fsp3) is 0.357. The lowest BCUT2D eigenvalue weighted by molar-refractivity contribution is 0.0956. The van der Waals surface area contributed by atoms with Gasteiger partial charge in [-0.1, -0.05) is 17.1 Å². The van der Waals surface area contributed by atoms with Crippen LogP contribution in [0.1, 0.15) is 28.1 Å². The standard InChI is InChI=1S/C14H16N4O2S/c19-10-2-1-4-12-5-11-21-13(12)14(20)15-6-3-8-18-9-7-16-17-18/h5,7,9,11,19H,2-3,6,8,10H2,(H,15,20). The predicted molar refractivity (Wildman–Crippen MR) is 79.9 cm³/mol. The van der Waals surface area contributed by atoms with Crippen LogP contribution in [0.3, 0.4) is 0 Å². The second-order valence-corrected chi connectivity index (χ2v) is 5.13. The summed E-state index contributed by atoms with van der Waals surface area (Å²) >= 11 is 1.37. The van der Waals surface area contributed by atoms with Crippen LogP contribution < -0.4 is 5.32 Å². The molecule has 6 nitrogen and oxygen atoms in total. The van der Waals surface area contributed by atoms with Crippen molar-refractivity contribution in [3.8, 4) is 11.8 Å². The Labute approximate surface area is 126 Å². The van der Waals surface area contributed by atoms with E-state index in [1.807, 2.05) is 11.4 Å². The summed E-state index contributed by atoms with van der Waals surface area (Å²) in [5.41, 5.74) is 0.710. The van der Waals surface area contributed by atoms with Crippen LogP contribution in [-0.4, -0.2) is 39.2 Å². The third-order valence-electron chi connectivity index (χ3n) is 2.65. The van der Waals surface area contributed by atoms with E-state index in [1.165, 1.54) is 11.3 Å². The van der Waals surface area contributed by atoms with Gasteiger partial charge < -0.3 is 10.4 Å². The summed E-state index contributed by atoms with van der Waals surface area (Å²) in [4.78, 5) is 12.7. The van der Waals surface area contributed by atoms with Crippen LogP contribution in [0.2, 0.25) is 0 Å². The SMILES string of the molecule is O=C(NCCCn1ccnn1)c1sccc1C#CCCO. The molecular formula is C14H16N4O2S. The van der Waals surface area contributed by atoms with E-state index >= 15 is 0 Å². The summed E-state index contributed by atoms with van der Waals surface area (Å²) in [6.07, 6.45) is 4.61. The van der Waals surface area contributed by atoms with Gasteiger partial charge in [0.05, 0.1) is 12.8 Å². The Kier molecular flexibility index (Phi) is 5.94. The second-order valence-electron chi connectivity index (χ2n) is 4.21. The van der Waals surface area contributed by atoms with Gasteiger partial charge in [0.25, 0.3) is 5.91 Å². The van der Waals surface area contributed by atoms with Crippen molar-refractivity contribution < 1.29 is 9.90 Å². The molecular weight excluding hydrogens is 288 g/mol. The molecule has 0 saturated carbocycles. The monoisotopic (exact) mass is 304 g/mol. The number of carbonyl (C=O) groups excluding carboxylic acids is 1. The van der Waals surface area contributed by atoms with Gasteiger partial charge in [-0.15, -0.1) is 16.4 Å². The largest absolute Gasteiger partial charge is 0.395 e. The lowest BCUT2D eigenvalue weighted by Gasteiger charge is -2.04. The first-order chi connectivity index (χ1) is 10.3. The van der Waals surface area contributed by atoms with Crippen molar-refractivity contribution in [3.63, 3.8) is 0 Å². The predicted octanol–water partition coefficient (Wildman–Crippen LogP) is 0.894. The van der Waals surface area contributed by atoms with E-state index < -0.39 is 0 Å².